The molecule has 4 aromatic rings. The Morgan fingerprint density at radius 1 is 0.949 bits per heavy atom. The van der Waals surface area contributed by atoms with Crippen molar-refractivity contribution in [2.24, 2.45) is 0 Å². The van der Waals surface area contributed by atoms with Crippen molar-refractivity contribution in [1.82, 2.24) is 14.8 Å². The Balaban J connectivity index is 1.35. The molecule has 0 saturated carbocycles. The summed E-state index contributed by atoms with van der Waals surface area (Å²) < 4.78 is 16.1. The van der Waals surface area contributed by atoms with Crippen LogP contribution in [0.25, 0.3) is 10.9 Å². The predicted octanol–water partition coefficient (Wildman–Crippen LogP) is 4.57. The highest BCUT2D eigenvalue weighted by atomic mass is 16.7. The maximum Gasteiger partial charge on any atom is 0.254 e. The first kappa shape index (κ1) is 26.3. The smallest absolute Gasteiger partial charge is 0.254 e. The van der Waals surface area contributed by atoms with Crippen LogP contribution in [0, 0.1) is 6.92 Å². The minimum absolute atomic E-state index is 0.0591. The molecule has 1 N–H and O–H groups in total. The second-order valence-electron chi connectivity index (χ2n) is 9.70. The lowest BCUT2D eigenvalue weighted by Crippen LogP contribution is -2.44. The van der Waals surface area contributed by atoms with Gasteiger partial charge in [0.05, 0.1) is 6.61 Å². The summed E-state index contributed by atoms with van der Waals surface area (Å²) in [6, 6.07) is 21.4. The number of nitrogens with one attached hydrogen (secondary N) is 1. The number of hydrogen-bond acceptors (Lipinski definition) is 5. The van der Waals surface area contributed by atoms with Crippen LogP contribution >= 0.6 is 0 Å². The Kier molecular flexibility index (Phi) is 8.13. The Morgan fingerprint density at radius 2 is 1.74 bits per heavy atom. The molecule has 0 saturated heterocycles. The summed E-state index contributed by atoms with van der Waals surface area (Å²) in [5.41, 5.74) is 4.87. The summed E-state index contributed by atoms with van der Waals surface area (Å²) in [4.78, 5) is 34.0. The van der Waals surface area contributed by atoms with Gasteiger partial charge in [-0.2, -0.15) is 0 Å². The molecule has 1 aliphatic rings. The topological polar surface area (TPSA) is 84.1 Å². The highest BCUT2D eigenvalue weighted by Gasteiger charge is 2.25. The van der Waals surface area contributed by atoms with Crippen LogP contribution < -0.4 is 9.47 Å². The molecule has 0 bridgehead atoms. The molecule has 2 amide bonds. The number of hydrogen-bond donors (Lipinski definition) is 1. The number of aromatic nitrogens is 1. The van der Waals surface area contributed by atoms with E-state index < -0.39 is 0 Å². The van der Waals surface area contributed by atoms with Crippen molar-refractivity contribution < 1.29 is 23.8 Å². The molecule has 2 heterocycles. The number of fused-ring (bicyclic) bond motifs is 2. The molecule has 8 heteroatoms. The fraction of sp³-hybridized carbons (Fsp3) is 0.290. The molecule has 0 aliphatic carbocycles. The van der Waals surface area contributed by atoms with E-state index in [9.17, 15) is 9.59 Å². The van der Waals surface area contributed by atoms with Gasteiger partial charge < -0.3 is 29.0 Å². The zero-order chi connectivity index (χ0) is 27.2. The fourth-order valence-corrected chi connectivity index (χ4v) is 4.73. The Bertz CT molecular complexity index is 1450. The summed E-state index contributed by atoms with van der Waals surface area (Å²) >= 11 is 0. The van der Waals surface area contributed by atoms with Crippen molar-refractivity contribution in [3.63, 3.8) is 0 Å². The minimum Gasteiger partial charge on any atom is -0.454 e. The van der Waals surface area contributed by atoms with Gasteiger partial charge in [0.2, 0.25) is 12.7 Å². The molecule has 0 fully saturated rings. The van der Waals surface area contributed by atoms with Crippen molar-refractivity contribution >= 4 is 22.7 Å². The summed E-state index contributed by atoms with van der Waals surface area (Å²) in [5, 5.41) is 1.15. The second-order valence-corrected chi connectivity index (χ2v) is 9.70. The lowest BCUT2D eigenvalue weighted by molar-refractivity contribution is -0.132. The van der Waals surface area contributed by atoms with E-state index in [2.05, 4.69) is 11.1 Å². The first-order chi connectivity index (χ1) is 19.0. The maximum absolute atomic E-state index is 13.8. The van der Waals surface area contributed by atoms with Gasteiger partial charge >= 0.3 is 0 Å². The van der Waals surface area contributed by atoms with E-state index in [1.54, 1.807) is 25.3 Å². The number of H-pyrrole nitrogens is 1. The first-order valence-electron chi connectivity index (χ1n) is 13.1. The predicted molar refractivity (Wildman–Crippen MR) is 149 cm³/mol. The van der Waals surface area contributed by atoms with E-state index in [4.69, 9.17) is 14.2 Å². The SMILES string of the molecule is COCCN(CC(=O)N(CCc1c[nH]c2ccccc12)Cc1ccc(C)cc1)C(=O)c1ccc2c(c1)OCO2. The molecule has 5 rings (SSSR count). The van der Waals surface area contributed by atoms with E-state index in [1.807, 2.05) is 60.5 Å². The normalized spacial score (nSPS) is 12.1. The fourth-order valence-electron chi connectivity index (χ4n) is 4.73. The van der Waals surface area contributed by atoms with Crippen LogP contribution in [0.2, 0.25) is 0 Å². The molecule has 1 aliphatic heterocycles. The summed E-state index contributed by atoms with van der Waals surface area (Å²) in [5.74, 6) is 0.748. The molecule has 39 heavy (non-hydrogen) atoms. The lowest BCUT2D eigenvalue weighted by atomic mass is 10.1. The number of aryl methyl sites for hydroxylation is 1. The number of amides is 2. The Morgan fingerprint density at radius 3 is 2.56 bits per heavy atom. The second kappa shape index (κ2) is 12.0. The molecule has 1 aromatic heterocycles. The van der Waals surface area contributed by atoms with Crippen LogP contribution in [0.3, 0.4) is 0 Å². The largest absolute Gasteiger partial charge is 0.454 e. The van der Waals surface area contributed by atoms with E-state index in [0.717, 1.165) is 27.6 Å². The molecule has 3 aromatic carbocycles. The first-order valence-corrected chi connectivity index (χ1v) is 13.1. The Hall–Kier alpha value is -4.30. The van der Waals surface area contributed by atoms with E-state index in [0.29, 0.717) is 43.2 Å². The molecular weight excluding hydrogens is 494 g/mol. The van der Waals surface area contributed by atoms with Crippen molar-refractivity contribution in [2.45, 2.75) is 19.9 Å². The van der Waals surface area contributed by atoms with Crippen LogP contribution in [0.15, 0.2) is 72.9 Å². The van der Waals surface area contributed by atoms with Gasteiger partial charge in [-0.05, 0) is 48.7 Å². The number of benzene rings is 3. The van der Waals surface area contributed by atoms with Crippen LogP contribution in [-0.4, -0.2) is 66.7 Å². The third-order valence-electron chi connectivity index (χ3n) is 6.97. The molecule has 0 radical (unpaired) electrons. The third kappa shape index (κ3) is 6.23. The average Bonchev–Trinajstić information content (AvgIpc) is 3.60. The van der Waals surface area contributed by atoms with Crippen molar-refractivity contribution in [2.75, 3.05) is 40.1 Å². The molecule has 202 valence electrons. The zero-order valence-corrected chi connectivity index (χ0v) is 22.3. The van der Waals surface area contributed by atoms with Crippen LogP contribution in [0.1, 0.15) is 27.0 Å². The standard InChI is InChI=1S/C31H33N3O5/c1-22-7-9-23(10-8-22)19-33(14-13-25-18-32-27-6-4-3-5-26(25)27)30(35)20-34(15-16-37-2)31(36)24-11-12-28-29(17-24)39-21-38-28/h3-12,17-18,32H,13-16,19-21H2,1-2H3. The number of methoxy groups -OCH3 is 1. The number of rotatable bonds is 11. The summed E-state index contributed by atoms with van der Waals surface area (Å²) in [6.07, 6.45) is 2.70. The number of ether oxygens (including phenoxy) is 3. The van der Waals surface area contributed by atoms with Crippen LogP contribution in [-0.2, 0) is 22.5 Å². The Labute approximate surface area is 228 Å². The van der Waals surface area contributed by atoms with E-state index in [-0.39, 0.29) is 31.7 Å². The molecule has 0 atom stereocenters. The summed E-state index contributed by atoms with van der Waals surface area (Å²) in [6.45, 7) is 3.69. The minimum atomic E-state index is -0.259. The van der Waals surface area contributed by atoms with Gasteiger partial charge in [0.25, 0.3) is 5.91 Å². The number of carbonyl (C=O) groups excluding carboxylic acids is 2. The number of carbonyl (C=O) groups is 2. The average molecular weight is 528 g/mol. The van der Waals surface area contributed by atoms with Crippen LogP contribution in [0.5, 0.6) is 11.5 Å². The highest BCUT2D eigenvalue weighted by molar-refractivity contribution is 5.97. The van der Waals surface area contributed by atoms with Crippen molar-refractivity contribution in [3.8, 4) is 11.5 Å². The number of nitrogens with zero attached hydrogens (tertiary/aromatic N) is 2. The summed E-state index contributed by atoms with van der Waals surface area (Å²) in [7, 11) is 1.58. The maximum atomic E-state index is 13.8. The molecule has 8 nitrogen and oxygen atoms in total. The quantitative estimate of drug-likeness (QED) is 0.309. The van der Waals surface area contributed by atoms with Gasteiger partial charge in [0.15, 0.2) is 11.5 Å². The van der Waals surface area contributed by atoms with E-state index >= 15 is 0 Å². The highest BCUT2D eigenvalue weighted by Crippen LogP contribution is 2.32. The monoisotopic (exact) mass is 527 g/mol. The van der Waals surface area contributed by atoms with Crippen molar-refractivity contribution in [3.05, 3.63) is 95.2 Å². The van der Waals surface area contributed by atoms with Gasteiger partial charge in [-0.15, -0.1) is 0 Å². The van der Waals surface area contributed by atoms with E-state index in [1.165, 1.54) is 4.90 Å². The molecule has 0 unspecified atom stereocenters. The molecular formula is C31H33N3O5. The number of aromatic amines is 1. The van der Waals surface area contributed by atoms with Gasteiger partial charge in [-0.1, -0.05) is 48.0 Å². The van der Waals surface area contributed by atoms with Crippen LogP contribution in [0.4, 0.5) is 0 Å². The van der Waals surface area contributed by atoms with Gasteiger partial charge in [-0.25, -0.2) is 0 Å². The van der Waals surface area contributed by atoms with Gasteiger partial charge in [0.1, 0.15) is 6.54 Å². The lowest BCUT2D eigenvalue weighted by Gasteiger charge is -2.28. The van der Waals surface area contributed by atoms with Gasteiger partial charge in [-0.3, -0.25) is 9.59 Å². The van der Waals surface area contributed by atoms with Crippen molar-refractivity contribution in [1.29, 1.82) is 0 Å². The number of para-hydroxylation sites is 1. The molecule has 0 spiro atoms. The third-order valence-corrected chi connectivity index (χ3v) is 6.97. The van der Waals surface area contributed by atoms with Gasteiger partial charge in [0, 0.05) is 49.4 Å². The zero-order valence-electron chi connectivity index (χ0n) is 22.3.